The molecule has 0 radical (unpaired) electrons. The van der Waals surface area contributed by atoms with Crippen molar-refractivity contribution in [1.29, 1.82) is 0 Å². The SMILES string of the molecule is O=C(c1ccn(CCc2ccc([N+](=O)[O-])cc2)c1)C1CC1. The number of nitrogens with zero attached hydrogens (tertiary/aromatic N) is 2. The molecule has 1 aromatic carbocycles. The first kappa shape index (κ1) is 13.5. The molecule has 0 unspecified atom stereocenters. The highest BCUT2D eigenvalue weighted by atomic mass is 16.6. The highest BCUT2D eigenvalue weighted by Gasteiger charge is 2.30. The van der Waals surface area contributed by atoms with Gasteiger partial charge in [0.25, 0.3) is 5.69 Å². The Balaban J connectivity index is 1.59. The molecule has 108 valence electrons. The van der Waals surface area contributed by atoms with Crippen LogP contribution in [0.15, 0.2) is 42.7 Å². The molecular weight excluding hydrogens is 268 g/mol. The van der Waals surface area contributed by atoms with Crippen LogP contribution in [-0.4, -0.2) is 15.3 Å². The molecular formula is C16H16N2O3. The topological polar surface area (TPSA) is 65.1 Å². The van der Waals surface area contributed by atoms with Crippen molar-refractivity contribution in [3.8, 4) is 0 Å². The van der Waals surface area contributed by atoms with Crippen molar-refractivity contribution >= 4 is 11.5 Å². The number of non-ortho nitro benzene ring substituents is 1. The summed E-state index contributed by atoms with van der Waals surface area (Å²) in [7, 11) is 0. The minimum absolute atomic E-state index is 0.108. The molecule has 3 rings (SSSR count). The number of nitro groups is 1. The number of aryl methyl sites for hydroxylation is 2. The monoisotopic (exact) mass is 284 g/mol. The van der Waals surface area contributed by atoms with Gasteiger partial charge in [-0.2, -0.15) is 0 Å². The van der Waals surface area contributed by atoms with Crippen molar-refractivity contribution < 1.29 is 9.72 Å². The summed E-state index contributed by atoms with van der Waals surface area (Å²) in [6.07, 6.45) is 6.64. The summed E-state index contributed by atoms with van der Waals surface area (Å²) in [6.45, 7) is 0.760. The molecule has 5 heteroatoms. The summed E-state index contributed by atoms with van der Waals surface area (Å²) in [5.74, 6) is 0.500. The summed E-state index contributed by atoms with van der Waals surface area (Å²) >= 11 is 0. The van der Waals surface area contributed by atoms with E-state index in [4.69, 9.17) is 0 Å². The third-order valence-electron chi connectivity index (χ3n) is 3.79. The second kappa shape index (κ2) is 5.52. The molecule has 1 aromatic heterocycles. The minimum atomic E-state index is -0.397. The van der Waals surface area contributed by atoms with Gasteiger partial charge in [0.2, 0.25) is 0 Å². The molecule has 1 fully saturated rings. The van der Waals surface area contributed by atoms with Crippen LogP contribution in [-0.2, 0) is 13.0 Å². The number of hydrogen-bond donors (Lipinski definition) is 0. The molecule has 1 saturated carbocycles. The molecule has 0 aliphatic heterocycles. The third-order valence-corrected chi connectivity index (χ3v) is 3.79. The number of hydrogen-bond acceptors (Lipinski definition) is 3. The van der Waals surface area contributed by atoms with E-state index in [-0.39, 0.29) is 17.4 Å². The van der Waals surface area contributed by atoms with Gasteiger partial charge in [-0.05, 0) is 30.9 Å². The van der Waals surface area contributed by atoms with Gasteiger partial charge in [-0.3, -0.25) is 14.9 Å². The van der Waals surface area contributed by atoms with E-state index in [1.165, 1.54) is 12.1 Å². The van der Waals surface area contributed by atoms with Crippen LogP contribution in [0.5, 0.6) is 0 Å². The van der Waals surface area contributed by atoms with Crippen LogP contribution in [0.25, 0.3) is 0 Å². The summed E-state index contributed by atoms with van der Waals surface area (Å²) < 4.78 is 2.00. The number of benzene rings is 1. The number of aromatic nitrogens is 1. The largest absolute Gasteiger partial charge is 0.353 e. The smallest absolute Gasteiger partial charge is 0.269 e. The van der Waals surface area contributed by atoms with Gasteiger partial charge in [0.15, 0.2) is 5.78 Å². The standard InChI is InChI=1S/C16H16N2O3/c19-16(13-3-4-13)14-8-10-17(11-14)9-7-12-1-5-15(6-2-12)18(20)21/h1-2,5-6,8,10-11,13H,3-4,7,9H2. The summed E-state index contributed by atoms with van der Waals surface area (Å²) in [5, 5.41) is 10.6. The second-order valence-corrected chi connectivity index (χ2v) is 5.45. The first-order valence-corrected chi connectivity index (χ1v) is 7.07. The van der Waals surface area contributed by atoms with Crippen molar-refractivity contribution in [3.63, 3.8) is 0 Å². The molecule has 1 aliphatic rings. The predicted molar refractivity (Wildman–Crippen MR) is 78.3 cm³/mol. The van der Waals surface area contributed by atoms with Crippen LogP contribution in [0.2, 0.25) is 0 Å². The van der Waals surface area contributed by atoms with E-state index in [0.717, 1.165) is 36.9 Å². The Bertz CT molecular complexity index is 669. The van der Waals surface area contributed by atoms with Crippen molar-refractivity contribution in [3.05, 3.63) is 64.0 Å². The second-order valence-electron chi connectivity index (χ2n) is 5.45. The molecule has 0 spiro atoms. The minimum Gasteiger partial charge on any atom is -0.353 e. The number of ketones is 1. The number of Topliss-reactive ketones (excluding diaryl/α,β-unsaturated/α-hetero) is 1. The van der Waals surface area contributed by atoms with Gasteiger partial charge in [-0.15, -0.1) is 0 Å². The quantitative estimate of drug-likeness (QED) is 0.464. The maximum Gasteiger partial charge on any atom is 0.269 e. The number of carbonyl (C=O) groups excluding carboxylic acids is 1. The lowest BCUT2D eigenvalue weighted by molar-refractivity contribution is -0.384. The molecule has 0 bridgehead atoms. The fourth-order valence-corrected chi connectivity index (χ4v) is 2.35. The van der Waals surface area contributed by atoms with Crippen LogP contribution < -0.4 is 0 Å². The molecule has 0 N–H and O–H groups in total. The van der Waals surface area contributed by atoms with Crippen LogP contribution in [0.4, 0.5) is 5.69 Å². The number of rotatable bonds is 6. The predicted octanol–water partition coefficient (Wildman–Crippen LogP) is 3.23. The maximum atomic E-state index is 11.9. The highest BCUT2D eigenvalue weighted by molar-refractivity contribution is 5.99. The van der Waals surface area contributed by atoms with E-state index in [9.17, 15) is 14.9 Å². The van der Waals surface area contributed by atoms with Crippen LogP contribution >= 0.6 is 0 Å². The average Bonchev–Trinajstić information content (AvgIpc) is 3.23. The highest BCUT2D eigenvalue weighted by Crippen LogP contribution is 2.32. The Hall–Kier alpha value is -2.43. The Morgan fingerprint density at radius 1 is 1.24 bits per heavy atom. The van der Waals surface area contributed by atoms with Gasteiger partial charge in [0, 0.05) is 42.6 Å². The summed E-state index contributed by atoms with van der Waals surface area (Å²) in [4.78, 5) is 22.1. The Kier molecular flexibility index (Phi) is 3.56. The van der Waals surface area contributed by atoms with Gasteiger partial charge in [0.1, 0.15) is 0 Å². The maximum absolute atomic E-state index is 11.9. The van der Waals surface area contributed by atoms with Gasteiger partial charge < -0.3 is 4.57 Å². The third kappa shape index (κ3) is 3.18. The van der Waals surface area contributed by atoms with E-state index in [1.807, 2.05) is 23.0 Å². The van der Waals surface area contributed by atoms with E-state index in [1.54, 1.807) is 12.1 Å². The molecule has 5 nitrogen and oxygen atoms in total. The molecule has 2 aromatic rings. The van der Waals surface area contributed by atoms with E-state index < -0.39 is 4.92 Å². The molecule has 0 atom stereocenters. The zero-order chi connectivity index (χ0) is 14.8. The van der Waals surface area contributed by atoms with E-state index in [0.29, 0.717) is 0 Å². The normalized spacial score (nSPS) is 14.1. The van der Waals surface area contributed by atoms with Gasteiger partial charge in [-0.25, -0.2) is 0 Å². The lowest BCUT2D eigenvalue weighted by Gasteiger charge is -2.03. The average molecular weight is 284 g/mol. The molecule has 1 aliphatic carbocycles. The molecule has 0 saturated heterocycles. The first-order valence-electron chi connectivity index (χ1n) is 7.07. The van der Waals surface area contributed by atoms with Gasteiger partial charge in [0.05, 0.1) is 4.92 Å². The molecule has 21 heavy (non-hydrogen) atoms. The molecule has 1 heterocycles. The Labute approximate surface area is 122 Å². The van der Waals surface area contributed by atoms with Crippen LogP contribution in [0.1, 0.15) is 28.8 Å². The van der Waals surface area contributed by atoms with Crippen molar-refractivity contribution in [1.82, 2.24) is 4.57 Å². The summed E-state index contributed by atoms with van der Waals surface area (Å²) in [5.41, 5.74) is 1.95. The summed E-state index contributed by atoms with van der Waals surface area (Å²) in [6, 6.07) is 8.46. The zero-order valence-corrected chi connectivity index (χ0v) is 11.6. The van der Waals surface area contributed by atoms with Crippen LogP contribution in [0, 0.1) is 16.0 Å². The fourth-order valence-electron chi connectivity index (χ4n) is 2.35. The van der Waals surface area contributed by atoms with Crippen molar-refractivity contribution in [2.75, 3.05) is 0 Å². The first-order chi connectivity index (χ1) is 10.1. The van der Waals surface area contributed by atoms with Crippen LogP contribution in [0.3, 0.4) is 0 Å². The van der Waals surface area contributed by atoms with Gasteiger partial charge >= 0.3 is 0 Å². The Morgan fingerprint density at radius 3 is 2.57 bits per heavy atom. The lowest BCUT2D eigenvalue weighted by atomic mass is 10.1. The number of carbonyl (C=O) groups is 1. The number of nitro benzene ring substituents is 1. The lowest BCUT2D eigenvalue weighted by Crippen LogP contribution is -2.01. The van der Waals surface area contributed by atoms with Gasteiger partial charge in [-0.1, -0.05) is 12.1 Å². The van der Waals surface area contributed by atoms with E-state index >= 15 is 0 Å². The van der Waals surface area contributed by atoms with Crippen molar-refractivity contribution in [2.24, 2.45) is 5.92 Å². The fraction of sp³-hybridized carbons (Fsp3) is 0.312. The Morgan fingerprint density at radius 2 is 1.95 bits per heavy atom. The van der Waals surface area contributed by atoms with E-state index in [2.05, 4.69) is 0 Å². The van der Waals surface area contributed by atoms with Crippen molar-refractivity contribution in [2.45, 2.75) is 25.8 Å². The zero-order valence-electron chi connectivity index (χ0n) is 11.6. The molecule has 0 amide bonds.